The number of thioether (sulfide) groups is 1. The molecule has 0 fully saturated rings. The number of anilines is 1. The Hall–Kier alpha value is -4.25. The molecule has 5 rings (SSSR count). The Kier molecular flexibility index (Phi) is 8.31. The molecular formula is C31H31F2N5O3S. The third kappa shape index (κ3) is 6.01. The number of methoxy groups -OCH3 is 1. The quantitative estimate of drug-likeness (QED) is 0.312. The molecule has 3 heterocycles. The van der Waals surface area contributed by atoms with Gasteiger partial charge in [-0.3, -0.25) is 19.5 Å². The predicted octanol–water partition coefficient (Wildman–Crippen LogP) is 5.34. The summed E-state index contributed by atoms with van der Waals surface area (Å²) in [5.74, 6) is -1.15. The number of benzene rings is 2. The Bertz CT molecular complexity index is 1600. The van der Waals surface area contributed by atoms with Crippen molar-refractivity contribution in [2.24, 2.45) is 0 Å². The molecule has 0 saturated heterocycles. The molecule has 0 unspecified atom stereocenters. The highest BCUT2D eigenvalue weighted by Gasteiger charge is 2.40. The van der Waals surface area contributed by atoms with Crippen molar-refractivity contribution >= 4 is 29.4 Å². The minimum atomic E-state index is -0.717. The molecular weight excluding hydrogens is 560 g/mol. The zero-order valence-corrected chi connectivity index (χ0v) is 24.5. The molecule has 0 spiro atoms. The fourth-order valence-electron chi connectivity index (χ4n) is 4.84. The van der Waals surface area contributed by atoms with Crippen molar-refractivity contribution in [1.82, 2.24) is 20.1 Å². The summed E-state index contributed by atoms with van der Waals surface area (Å²) >= 11 is 1.23. The van der Waals surface area contributed by atoms with E-state index in [9.17, 15) is 14.0 Å². The lowest BCUT2D eigenvalue weighted by atomic mass is 9.87. The normalized spacial score (nSPS) is 15.2. The number of nitrogens with one attached hydrogen (secondary N) is 1. The van der Waals surface area contributed by atoms with Crippen molar-refractivity contribution < 1.29 is 23.1 Å². The second kappa shape index (κ2) is 11.9. The topological polar surface area (TPSA) is 89.3 Å². The number of rotatable bonds is 7. The average Bonchev–Trinajstić information content (AvgIpc) is 3.31. The highest BCUT2D eigenvalue weighted by atomic mass is 32.2. The van der Waals surface area contributed by atoms with Gasteiger partial charge >= 0.3 is 0 Å². The first-order valence-electron chi connectivity index (χ1n) is 13.4. The molecule has 1 aliphatic rings. The lowest BCUT2D eigenvalue weighted by molar-refractivity contribution is -0.123. The van der Waals surface area contributed by atoms with Gasteiger partial charge in [-0.1, -0.05) is 32.9 Å². The van der Waals surface area contributed by atoms with Gasteiger partial charge in [0.05, 0.1) is 29.5 Å². The predicted molar refractivity (Wildman–Crippen MR) is 158 cm³/mol. The second-order valence-electron chi connectivity index (χ2n) is 10.9. The SMILES string of the molecule is COc1ccc(-n2nc(C(C)(C)C)c3c2N(CC(=O)NCc2cccnc2)C(=O)CS[C@@H]3c2ccc(F)cc2F)cc1. The first-order chi connectivity index (χ1) is 20.1. The van der Waals surface area contributed by atoms with Gasteiger partial charge in [-0.05, 0) is 42.0 Å². The number of ether oxygens (including phenoxy) is 1. The first-order valence-corrected chi connectivity index (χ1v) is 14.4. The number of pyridine rings is 1. The van der Waals surface area contributed by atoms with Gasteiger partial charge in [0.1, 0.15) is 29.7 Å². The van der Waals surface area contributed by atoms with E-state index in [-0.39, 0.29) is 36.2 Å². The number of carbonyl (C=O) groups is 2. The van der Waals surface area contributed by atoms with Gasteiger partial charge in [0.2, 0.25) is 11.8 Å². The van der Waals surface area contributed by atoms with Crippen LogP contribution in [0, 0.1) is 11.6 Å². The highest BCUT2D eigenvalue weighted by molar-refractivity contribution is 8.00. The van der Waals surface area contributed by atoms with Crippen LogP contribution in [0.3, 0.4) is 0 Å². The van der Waals surface area contributed by atoms with Crippen molar-refractivity contribution in [3.63, 3.8) is 0 Å². The van der Waals surface area contributed by atoms with E-state index in [1.165, 1.54) is 28.8 Å². The molecule has 42 heavy (non-hydrogen) atoms. The van der Waals surface area contributed by atoms with Crippen LogP contribution in [0.5, 0.6) is 5.75 Å². The molecule has 11 heteroatoms. The van der Waals surface area contributed by atoms with Crippen LogP contribution in [0.2, 0.25) is 0 Å². The summed E-state index contributed by atoms with van der Waals surface area (Å²) in [4.78, 5) is 32.5. The van der Waals surface area contributed by atoms with Gasteiger partial charge in [0.25, 0.3) is 0 Å². The summed E-state index contributed by atoms with van der Waals surface area (Å²) in [6, 6.07) is 14.2. The summed E-state index contributed by atoms with van der Waals surface area (Å²) in [7, 11) is 1.57. The molecule has 218 valence electrons. The van der Waals surface area contributed by atoms with Gasteiger partial charge in [-0.2, -0.15) is 5.10 Å². The number of aromatic nitrogens is 3. The number of nitrogens with zero attached hydrogens (tertiary/aromatic N) is 4. The van der Waals surface area contributed by atoms with Crippen LogP contribution < -0.4 is 15.0 Å². The van der Waals surface area contributed by atoms with E-state index in [2.05, 4.69) is 10.3 Å². The summed E-state index contributed by atoms with van der Waals surface area (Å²) in [6.07, 6.45) is 3.30. The van der Waals surface area contributed by atoms with E-state index >= 15 is 4.39 Å². The van der Waals surface area contributed by atoms with E-state index in [4.69, 9.17) is 9.84 Å². The Morgan fingerprint density at radius 1 is 1.14 bits per heavy atom. The van der Waals surface area contributed by atoms with Gasteiger partial charge in [-0.25, -0.2) is 13.5 Å². The Balaban J connectivity index is 1.67. The number of carbonyl (C=O) groups excluding carboxylic acids is 2. The minimum Gasteiger partial charge on any atom is -0.497 e. The van der Waals surface area contributed by atoms with Crippen molar-refractivity contribution in [2.75, 3.05) is 24.3 Å². The van der Waals surface area contributed by atoms with Crippen LogP contribution in [-0.2, 0) is 21.5 Å². The number of halogens is 2. The summed E-state index contributed by atoms with van der Waals surface area (Å²) in [5.41, 5.74) is 2.37. The van der Waals surface area contributed by atoms with Crippen LogP contribution in [-0.4, -0.2) is 46.0 Å². The summed E-state index contributed by atoms with van der Waals surface area (Å²) < 4.78 is 36.2. The Morgan fingerprint density at radius 2 is 1.90 bits per heavy atom. The monoisotopic (exact) mass is 591 g/mol. The lowest BCUT2D eigenvalue weighted by Gasteiger charge is -2.24. The summed E-state index contributed by atoms with van der Waals surface area (Å²) in [6.45, 7) is 5.90. The van der Waals surface area contributed by atoms with Crippen molar-refractivity contribution in [1.29, 1.82) is 0 Å². The molecule has 1 N–H and O–H groups in total. The fourth-order valence-corrected chi connectivity index (χ4v) is 6.06. The molecule has 1 atom stereocenters. The van der Waals surface area contributed by atoms with Crippen LogP contribution in [0.25, 0.3) is 5.69 Å². The number of hydrogen-bond donors (Lipinski definition) is 1. The first kappa shape index (κ1) is 29.2. The van der Waals surface area contributed by atoms with Crippen molar-refractivity contribution in [2.45, 2.75) is 38.0 Å². The molecule has 2 aromatic heterocycles. The molecule has 0 bridgehead atoms. The fraction of sp³-hybridized carbons (Fsp3) is 0.290. The molecule has 8 nitrogen and oxygen atoms in total. The highest BCUT2D eigenvalue weighted by Crippen LogP contribution is 2.49. The second-order valence-corrected chi connectivity index (χ2v) is 12.0. The maximum absolute atomic E-state index is 15.3. The molecule has 0 radical (unpaired) electrons. The third-order valence-electron chi connectivity index (χ3n) is 6.88. The number of amides is 2. The van der Waals surface area contributed by atoms with Gasteiger partial charge in [0.15, 0.2) is 0 Å². The van der Waals surface area contributed by atoms with E-state index in [1.807, 2.05) is 26.8 Å². The smallest absolute Gasteiger partial charge is 0.240 e. The Morgan fingerprint density at radius 3 is 2.55 bits per heavy atom. The third-order valence-corrected chi connectivity index (χ3v) is 8.11. The van der Waals surface area contributed by atoms with E-state index < -0.39 is 22.3 Å². The molecule has 0 aliphatic carbocycles. The van der Waals surface area contributed by atoms with E-state index in [0.29, 0.717) is 28.5 Å². The molecule has 0 saturated carbocycles. The molecule has 4 aromatic rings. The standard InChI is InChI=1S/C31H31F2N5O3S/c1-31(2,3)29-27-28(23-12-7-20(32)14-24(23)33)42-18-26(40)37(17-25(39)35-16-19-6-5-13-34-15-19)30(27)38(36-29)21-8-10-22(41-4)11-9-21/h5-15,28H,16-18H2,1-4H3,(H,35,39)/t28-/m1/s1. The van der Waals surface area contributed by atoms with Gasteiger partial charge in [0, 0.05) is 41.5 Å². The van der Waals surface area contributed by atoms with E-state index in [0.717, 1.165) is 11.6 Å². The lowest BCUT2D eigenvalue weighted by Crippen LogP contribution is -2.42. The van der Waals surface area contributed by atoms with Crippen molar-refractivity contribution in [3.8, 4) is 11.4 Å². The molecule has 2 amide bonds. The maximum Gasteiger partial charge on any atom is 0.240 e. The van der Waals surface area contributed by atoms with Crippen LogP contribution >= 0.6 is 11.8 Å². The van der Waals surface area contributed by atoms with Gasteiger partial charge in [-0.15, -0.1) is 11.8 Å². The zero-order chi connectivity index (χ0) is 30.0. The number of fused-ring (bicyclic) bond motifs is 1. The average molecular weight is 592 g/mol. The van der Waals surface area contributed by atoms with Crippen molar-refractivity contribution in [3.05, 3.63) is 101 Å². The zero-order valence-electron chi connectivity index (χ0n) is 23.7. The molecule has 1 aliphatic heterocycles. The van der Waals surface area contributed by atoms with Crippen LogP contribution in [0.4, 0.5) is 14.6 Å². The Labute approximate surface area is 247 Å². The van der Waals surface area contributed by atoms with E-state index in [1.54, 1.807) is 54.5 Å². The van der Waals surface area contributed by atoms with Crippen LogP contribution in [0.15, 0.2) is 67.0 Å². The maximum atomic E-state index is 15.3. The largest absolute Gasteiger partial charge is 0.497 e. The molecule has 2 aromatic carbocycles. The summed E-state index contributed by atoms with van der Waals surface area (Å²) in [5, 5.41) is 7.15. The minimum absolute atomic E-state index is 0.0295. The van der Waals surface area contributed by atoms with Crippen LogP contribution in [0.1, 0.15) is 48.4 Å². The van der Waals surface area contributed by atoms with Gasteiger partial charge < -0.3 is 10.1 Å². The number of hydrogen-bond acceptors (Lipinski definition) is 6.